The van der Waals surface area contributed by atoms with Crippen molar-refractivity contribution in [3.63, 3.8) is 0 Å². The Morgan fingerprint density at radius 1 is 1.62 bits per heavy atom. The summed E-state index contributed by atoms with van der Waals surface area (Å²) in [4.78, 5) is 15.8. The number of aromatic amines is 1. The average molecular weight is 256 g/mol. The Balaban J connectivity index is 1.87. The minimum absolute atomic E-state index is 0.0986. The van der Waals surface area contributed by atoms with Crippen molar-refractivity contribution in [2.24, 2.45) is 5.41 Å². The third-order valence-electron chi connectivity index (χ3n) is 3.06. The topological polar surface area (TPSA) is 44.9 Å². The zero-order chi connectivity index (χ0) is 11.8. The smallest absolute Gasteiger partial charge is 0.225 e. The van der Waals surface area contributed by atoms with Crippen LogP contribution >= 0.6 is 23.6 Å². The predicted molar refractivity (Wildman–Crippen MR) is 68.3 cm³/mol. The maximum absolute atomic E-state index is 11.7. The van der Waals surface area contributed by atoms with Gasteiger partial charge in [0.2, 0.25) is 5.91 Å². The van der Waals surface area contributed by atoms with Gasteiger partial charge in [-0.15, -0.1) is 11.3 Å². The summed E-state index contributed by atoms with van der Waals surface area (Å²) >= 11 is 6.53. The molecule has 0 aliphatic heterocycles. The molecule has 2 rings (SSSR count). The first kappa shape index (κ1) is 11.8. The molecule has 1 saturated carbocycles. The van der Waals surface area contributed by atoms with Crippen molar-refractivity contribution < 1.29 is 4.79 Å². The van der Waals surface area contributed by atoms with E-state index in [9.17, 15) is 4.79 Å². The van der Waals surface area contributed by atoms with Gasteiger partial charge in [-0.05, 0) is 37.4 Å². The van der Waals surface area contributed by atoms with Gasteiger partial charge < -0.3 is 10.3 Å². The van der Waals surface area contributed by atoms with Crippen LogP contribution < -0.4 is 5.32 Å². The lowest BCUT2D eigenvalue weighted by Gasteiger charge is -2.09. The van der Waals surface area contributed by atoms with Gasteiger partial charge in [0.25, 0.3) is 0 Å². The number of H-pyrrole nitrogens is 1. The molecule has 1 aromatic heterocycles. The van der Waals surface area contributed by atoms with Gasteiger partial charge >= 0.3 is 0 Å². The molecule has 1 heterocycles. The highest BCUT2D eigenvalue weighted by Gasteiger charge is 2.37. The van der Waals surface area contributed by atoms with Gasteiger partial charge in [0, 0.05) is 17.1 Å². The number of thiazole rings is 1. The standard InChI is InChI=1S/C11H16N2OS2/c1-7-8(16-10(15)13-7)5-9(14)12-6-11(2)3-4-11/h3-6H2,1-2H3,(H,12,14)(H,13,15). The van der Waals surface area contributed by atoms with E-state index in [0.717, 1.165) is 21.1 Å². The average Bonchev–Trinajstić information content (AvgIpc) is 2.85. The van der Waals surface area contributed by atoms with E-state index < -0.39 is 0 Å². The summed E-state index contributed by atoms with van der Waals surface area (Å²) in [5, 5.41) is 2.99. The molecule has 16 heavy (non-hydrogen) atoms. The summed E-state index contributed by atoms with van der Waals surface area (Å²) in [6, 6.07) is 0. The molecule has 1 fully saturated rings. The fourth-order valence-electron chi connectivity index (χ4n) is 1.52. The van der Waals surface area contributed by atoms with Crippen molar-refractivity contribution in [1.82, 2.24) is 10.3 Å². The van der Waals surface area contributed by atoms with Crippen LogP contribution in [0.25, 0.3) is 0 Å². The van der Waals surface area contributed by atoms with Gasteiger partial charge in [0.1, 0.15) is 0 Å². The first-order valence-electron chi connectivity index (χ1n) is 5.44. The van der Waals surface area contributed by atoms with Crippen LogP contribution in [0.2, 0.25) is 0 Å². The fourth-order valence-corrected chi connectivity index (χ4v) is 2.81. The van der Waals surface area contributed by atoms with Gasteiger partial charge in [0.15, 0.2) is 3.95 Å². The summed E-state index contributed by atoms with van der Waals surface area (Å²) in [7, 11) is 0. The molecule has 1 aliphatic rings. The lowest BCUT2D eigenvalue weighted by Crippen LogP contribution is -2.30. The molecular weight excluding hydrogens is 240 g/mol. The second-order valence-electron chi connectivity index (χ2n) is 4.83. The van der Waals surface area contributed by atoms with E-state index in [0.29, 0.717) is 11.8 Å². The SMILES string of the molecule is Cc1[nH]c(=S)sc1CC(=O)NCC1(C)CC1. The van der Waals surface area contributed by atoms with Crippen LogP contribution in [0.3, 0.4) is 0 Å². The molecule has 0 unspecified atom stereocenters. The second kappa shape index (κ2) is 4.30. The van der Waals surface area contributed by atoms with Gasteiger partial charge in [-0.3, -0.25) is 4.79 Å². The number of aryl methyl sites for hydroxylation is 1. The van der Waals surface area contributed by atoms with Crippen molar-refractivity contribution in [3.8, 4) is 0 Å². The van der Waals surface area contributed by atoms with E-state index >= 15 is 0 Å². The molecule has 2 N–H and O–H groups in total. The molecule has 1 aliphatic carbocycles. The molecule has 0 atom stereocenters. The second-order valence-corrected chi connectivity index (χ2v) is 6.60. The number of aromatic nitrogens is 1. The number of carbonyl (C=O) groups excluding carboxylic acids is 1. The highest BCUT2D eigenvalue weighted by Crippen LogP contribution is 2.44. The first-order chi connectivity index (χ1) is 7.48. The van der Waals surface area contributed by atoms with Crippen LogP contribution in [-0.4, -0.2) is 17.4 Å². The third-order valence-corrected chi connectivity index (χ3v) is 4.40. The highest BCUT2D eigenvalue weighted by atomic mass is 32.1. The number of nitrogens with one attached hydrogen (secondary N) is 2. The summed E-state index contributed by atoms with van der Waals surface area (Å²) in [6.07, 6.45) is 2.91. The van der Waals surface area contributed by atoms with Gasteiger partial charge in [0.05, 0.1) is 6.42 Å². The minimum Gasteiger partial charge on any atom is -0.355 e. The zero-order valence-electron chi connectivity index (χ0n) is 9.55. The quantitative estimate of drug-likeness (QED) is 0.813. The highest BCUT2D eigenvalue weighted by molar-refractivity contribution is 7.73. The molecule has 0 radical (unpaired) electrons. The molecular formula is C11H16N2OS2. The lowest BCUT2D eigenvalue weighted by atomic mass is 10.1. The van der Waals surface area contributed by atoms with Crippen LogP contribution in [0.4, 0.5) is 0 Å². The minimum atomic E-state index is 0.0986. The van der Waals surface area contributed by atoms with E-state index in [1.807, 2.05) is 6.92 Å². The van der Waals surface area contributed by atoms with E-state index in [1.165, 1.54) is 24.2 Å². The molecule has 3 nitrogen and oxygen atoms in total. The van der Waals surface area contributed by atoms with E-state index in [2.05, 4.69) is 17.2 Å². The first-order valence-corrected chi connectivity index (χ1v) is 6.66. The third kappa shape index (κ3) is 2.92. The van der Waals surface area contributed by atoms with Crippen LogP contribution in [-0.2, 0) is 11.2 Å². The Morgan fingerprint density at radius 2 is 2.31 bits per heavy atom. The van der Waals surface area contributed by atoms with Crippen molar-refractivity contribution in [2.75, 3.05) is 6.54 Å². The zero-order valence-corrected chi connectivity index (χ0v) is 11.2. The van der Waals surface area contributed by atoms with Crippen LogP contribution in [0.1, 0.15) is 30.3 Å². The van der Waals surface area contributed by atoms with Crippen molar-refractivity contribution in [2.45, 2.75) is 33.1 Å². The molecule has 5 heteroatoms. The Hall–Kier alpha value is -0.680. The molecule has 0 saturated heterocycles. The van der Waals surface area contributed by atoms with Crippen LogP contribution in [0.15, 0.2) is 0 Å². The molecule has 88 valence electrons. The summed E-state index contributed by atoms with van der Waals surface area (Å²) < 4.78 is 0.745. The number of hydrogen-bond acceptors (Lipinski definition) is 3. The Morgan fingerprint density at radius 3 is 2.81 bits per heavy atom. The Labute approximate surface area is 104 Å². The van der Waals surface area contributed by atoms with E-state index in [1.54, 1.807) is 0 Å². The van der Waals surface area contributed by atoms with Gasteiger partial charge in [-0.2, -0.15) is 0 Å². The molecule has 0 aromatic carbocycles. The van der Waals surface area contributed by atoms with E-state index in [4.69, 9.17) is 12.2 Å². The fraction of sp³-hybridized carbons (Fsp3) is 0.636. The van der Waals surface area contributed by atoms with Crippen molar-refractivity contribution in [3.05, 3.63) is 14.5 Å². The number of rotatable bonds is 4. The largest absolute Gasteiger partial charge is 0.355 e. The van der Waals surface area contributed by atoms with Crippen LogP contribution in [0, 0.1) is 16.3 Å². The number of carbonyl (C=O) groups is 1. The van der Waals surface area contributed by atoms with Gasteiger partial charge in [-0.1, -0.05) is 6.92 Å². The van der Waals surface area contributed by atoms with Crippen molar-refractivity contribution >= 4 is 29.5 Å². The Kier molecular flexibility index (Phi) is 3.17. The van der Waals surface area contributed by atoms with Gasteiger partial charge in [-0.25, -0.2) is 0 Å². The molecule has 1 amide bonds. The summed E-state index contributed by atoms with van der Waals surface area (Å²) in [6.45, 7) is 4.97. The number of hydrogen-bond donors (Lipinski definition) is 2. The normalized spacial score (nSPS) is 17.1. The lowest BCUT2D eigenvalue weighted by molar-refractivity contribution is -0.120. The summed E-state index contributed by atoms with van der Waals surface area (Å²) in [5.74, 6) is 0.0986. The maximum Gasteiger partial charge on any atom is 0.225 e. The Bertz CT molecular complexity index is 457. The number of amides is 1. The maximum atomic E-state index is 11.7. The molecule has 1 aromatic rings. The molecule has 0 bridgehead atoms. The predicted octanol–water partition coefficient (Wildman–Crippen LogP) is 2.57. The monoisotopic (exact) mass is 256 g/mol. The van der Waals surface area contributed by atoms with E-state index in [-0.39, 0.29) is 5.91 Å². The van der Waals surface area contributed by atoms with Crippen LogP contribution in [0.5, 0.6) is 0 Å². The summed E-state index contributed by atoms with van der Waals surface area (Å²) in [5.41, 5.74) is 1.39. The molecule has 0 spiro atoms. The van der Waals surface area contributed by atoms with Crippen molar-refractivity contribution in [1.29, 1.82) is 0 Å².